The number of hydrogen-bond donors (Lipinski definition) is 4. The third-order valence-corrected chi connectivity index (χ3v) is 5.50. The average Bonchev–Trinajstić information content (AvgIpc) is 3.04. The van der Waals surface area contributed by atoms with Crippen LogP contribution < -0.4 is 16.1 Å². The van der Waals surface area contributed by atoms with Crippen molar-refractivity contribution < 1.29 is 10.0 Å². The molecule has 7 nitrogen and oxygen atoms in total. The van der Waals surface area contributed by atoms with Gasteiger partial charge in [-0.3, -0.25) is 14.3 Å². The molecule has 3 aromatic rings. The number of rotatable bonds is 4. The van der Waals surface area contributed by atoms with Crippen molar-refractivity contribution in [1.29, 1.82) is 0 Å². The van der Waals surface area contributed by atoms with E-state index in [0.29, 0.717) is 0 Å². The number of nitrogens with one attached hydrogen (secondary N) is 3. The Balaban J connectivity index is 2.01. The number of fused-ring (bicyclic) bond motifs is 3. The van der Waals surface area contributed by atoms with Gasteiger partial charge in [0.2, 0.25) is 5.88 Å². The Morgan fingerprint density at radius 3 is 2.85 bits per heavy atom. The zero-order valence-corrected chi connectivity index (χ0v) is 15.2. The fourth-order valence-corrected chi connectivity index (χ4v) is 4.23. The maximum Gasteiger partial charge on any atom is 0.331 e. The lowest BCUT2D eigenvalue weighted by Crippen LogP contribution is -3.13. The van der Waals surface area contributed by atoms with Crippen LogP contribution in [0.25, 0.3) is 10.9 Å². The summed E-state index contributed by atoms with van der Waals surface area (Å²) in [5, 5.41) is 12.0. The minimum atomic E-state index is -0.633. The molecule has 0 aliphatic carbocycles. The second-order valence-electron chi connectivity index (χ2n) is 6.90. The zero-order valence-electron chi connectivity index (χ0n) is 15.2. The molecule has 0 fully saturated rings. The summed E-state index contributed by atoms with van der Waals surface area (Å²) in [6.07, 6.45) is 2.41. The highest BCUT2D eigenvalue weighted by molar-refractivity contribution is 5.85. The molecule has 3 heterocycles. The van der Waals surface area contributed by atoms with Crippen molar-refractivity contribution >= 4 is 10.9 Å². The van der Waals surface area contributed by atoms with Crippen molar-refractivity contribution in [3.05, 3.63) is 74.6 Å². The van der Waals surface area contributed by atoms with E-state index in [4.69, 9.17) is 0 Å². The number of para-hydroxylation sites is 1. The first-order valence-electron chi connectivity index (χ1n) is 9.17. The Hall–Kier alpha value is -3.06. The van der Waals surface area contributed by atoms with E-state index in [1.54, 1.807) is 0 Å². The molecular weight excluding hydrogens is 344 g/mol. The number of allylic oxidation sites excluding steroid dienone is 1. The number of aromatic hydroxyl groups is 1. The summed E-state index contributed by atoms with van der Waals surface area (Å²) in [6, 6.07) is 7.68. The van der Waals surface area contributed by atoms with Crippen molar-refractivity contribution in [3.63, 3.8) is 0 Å². The predicted molar refractivity (Wildman–Crippen MR) is 103 cm³/mol. The monoisotopic (exact) mass is 367 g/mol. The molecule has 0 bridgehead atoms. The average molecular weight is 367 g/mol. The van der Waals surface area contributed by atoms with Gasteiger partial charge in [0.15, 0.2) is 6.04 Å². The van der Waals surface area contributed by atoms with E-state index in [0.717, 1.165) is 40.7 Å². The Morgan fingerprint density at radius 1 is 1.33 bits per heavy atom. The lowest BCUT2D eigenvalue weighted by Gasteiger charge is -2.32. The predicted octanol–water partition coefficient (Wildman–Crippen LogP) is 0.460. The Bertz CT molecular complexity index is 1140. The van der Waals surface area contributed by atoms with Crippen molar-refractivity contribution in [1.82, 2.24) is 14.5 Å². The molecule has 1 aliphatic heterocycles. The molecule has 4 N–H and O–H groups in total. The fourth-order valence-electron chi connectivity index (χ4n) is 4.23. The van der Waals surface area contributed by atoms with Crippen LogP contribution in [0.4, 0.5) is 0 Å². The molecule has 0 spiro atoms. The standard InChI is InChI=1S/C20H22N4O3/c1-3-10-24-19(26)15(18(25)22-20(24)27)17-16-13(9-11-23(17)4-2)12-7-5-6-8-14(12)21-16/h3,5-8,17,21,26H,1,4,9-11H2,2H3,(H,22,25,27)/p+1/t17-/m1/s1. The molecular formula is C20H23N4O3+. The minimum Gasteiger partial charge on any atom is -0.494 e. The summed E-state index contributed by atoms with van der Waals surface area (Å²) in [7, 11) is 0. The quantitative estimate of drug-likeness (QED) is 0.505. The maximum atomic E-state index is 12.7. The van der Waals surface area contributed by atoms with Crippen LogP contribution in [0, 0.1) is 0 Å². The summed E-state index contributed by atoms with van der Waals surface area (Å²) in [5.74, 6) is -0.286. The third-order valence-electron chi connectivity index (χ3n) is 5.50. The number of quaternary nitrogens is 1. The van der Waals surface area contributed by atoms with Gasteiger partial charge in [-0.25, -0.2) is 4.79 Å². The van der Waals surface area contributed by atoms with Gasteiger partial charge in [0.05, 0.1) is 18.8 Å². The largest absolute Gasteiger partial charge is 0.494 e. The fraction of sp³-hybridized carbons (Fsp3) is 0.300. The Kier molecular flexibility index (Phi) is 4.24. The van der Waals surface area contributed by atoms with Crippen LogP contribution in [0.3, 0.4) is 0 Å². The van der Waals surface area contributed by atoms with Gasteiger partial charge in [0, 0.05) is 23.9 Å². The third kappa shape index (κ3) is 2.62. The van der Waals surface area contributed by atoms with Gasteiger partial charge in [0.25, 0.3) is 5.56 Å². The topological polar surface area (TPSA) is 95.3 Å². The summed E-state index contributed by atoms with van der Waals surface area (Å²) in [5.41, 5.74) is 2.17. The first-order valence-corrected chi connectivity index (χ1v) is 9.17. The van der Waals surface area contributed by atoms with Gasteiger partial charge in [-0.05, 0) is 18.6 Å². The zero-order chi connectivity index (χ0) is 19.1. The summed E-state index contributed by atoms with van der Waals surface area (Å²) >= 11 is 0. The van der Waals surface area contributed by atoms with E-state index < -0.39 is 11.2 Å². The second-order valence-corrected chi connectivity index (χ2v) is 6.90. The number of likely N-dealkylation sites (N-methyl/N-ethyl adjacent to an activating group) is 1. The summed E-state index contributed by atoms with van der Waals surface area (Å²) in [4.78, 5) is 31.8. The number of aromatic nitrogens is 3. The van der Waals surface area contributed by atoms with Crippen molar-refractivity contribution in [2.45, 2.75) is 25.9 Å². The first-order chi connectivity index (χ1) is 13.1. The molecule has 1 aliphatic rings. The second kappa shape index (κ2) is 6.59. The summed E-state index contributed by atoms with van der Waals surface area (Å²) in [6.45, 7) is 7.44. The van der Waals surface area contributed by atoms with E-state index in [1.165, 1.54) is 16.5 Å². The van der Waals surface area contributed by atoms with E-state index in [-0.39, 0.29) is 24.0 Å². The van der Waals surface area contributed by atoms with Crippen LogP contribution in [-0.2, 0) is 13.0 Å². The molecule has 2 atom stereocenters. The van der Waals surface area contributed by atoms with Gasteiger partial charge in [0.1, 0.15) is 5.56 Å². The van der Waals surface area contributed by atoms with Gasteiger partial charge in [-0.2, -0.15) is 0 Å². The van der Waals surface area contributed by atoms with Crippen LogP contribution in [0.15, 0.2) is 46.5 Å². The SMILES string of the molecule is C=CCn1c(O)c([C@@H]2c3[nH]c4ccccc4c3CC[NH+]2CC)c(=O)[nH]c1=O. The highest BCUT2D eigenvalue weighted by atomic mass is 16.3. The molecule has 0 saturated heterocycles. The first kappa shape index (κ1) is 17.4. The molecule has 27 heavy (non-hydrogen) atoms. The molecule has 7 heteroatoms. The minimum absolute atomic E-state index is 0.127. The lowest BCUT2D eigenvalue weighted by molar-refractivity contribution is -0.926. The number of H-pyrrole nitrogens is 2. The summed E-state index contributed by atoms with van der Waals surface area (Å²) < 4.78 is 1.15. The highest BCUT2D eigenvalue weighted by Gasteiger charge is 2.38. The Labute approximate surface area is 155 Å². The van der Waals surface area contributed by atoms with E-state index in [9.17, 15) is 14.7 Å². The van der Waals surface area contributed by atoms with E-state index in [2.05, 4.69) is 29.5 Å². The van der Waals surface area contributed by atoms with Crippen LogP contribution in [-0.4, -0.2) is 32.7 Å². The van der Waals surface area contributed by atoms with Gasteiger partial charge < -0.3 is 15.0 Å². The lowest BCUT2D eigenvalue weighted by atomic mass is 9.93. The maximum absolute atomic E-state index is 12.7. The highest BCUT2D eigenvalue weighted by Crippen LogP contribution is 2.32. The van der Waals surface area contributed by atoms with Crippen LogP contribution >= 0.6 is 0 Å². The van der Waals surface area contributed by atoms with Crippen molar-refractivity contribution in [3.8, 4) is 5.88 Å². The molecule has 0 amide bonds. The molecule has 1 aromatic carbocycles. The molecule has 1 unspecified atom stereocenters. The van der Waals surface area contributed by atoms with Gasteiger partial charge >= 0.3 is 5.69 Å². The van der Waals surface area contributed by atoms with E-state index >= 15 is 0 Å². The smallest absolute Gasteiger partial charge is 0.331 e. The van der Waals surface area contributed by atoms with Crippen molar-refractivity contribution in [2.75, 3.05) is 13.1 Å². The van der Waals surface area contributed by atoms with Gasteiger partial charge in [-0.15, -0.1) is 6.58 Å². The van der Waals surface area contributed by atoms with E-state index in [1.807, 2.05) is 18.2 Å². The molecule has 0 saturated carbocycles. The number of benzene rings is 1. The van der Waals surface area contributed by atoms with Crippen LogP contribution in [0.2, 0.25) is 0 Å². The number of hydrogen-bond acceptors (Lipinski definition) is 3. The number of aromatic amines is 2. The molecule has 0 radical (unpaired) electrons. The molecule has 2 aromatic heterocycles. The number of nitrogens with zero attached hydrogens (tertiary/aromatic N) is 1. The normalized spacial score (nSPS) is 19.1. The molecule has 4 rings (SSSR count). The van der Waals surface area contributed by atoms with Gasteiger partial charge in [-0.1, -0.05) is 24.3 Å². The molecule has 140 valence electrons. The van der Waals surface area contributed by atoms with Crippen molar-refractivity contribution in [2.24, 2.45) is 0 Å². The van der Waals surface area contributed by atoms with Crippen LogP contribution in [0.1, 0.15) is 29.8 Å². The Morgan fingerprint density at radius 2 is 2.11 bits per heavy atom. The van der Waals surface area contributed by atoms with Crippen LogP contribution in [0.5, 0.6) is 5.88 Å².